The van der Waals surface area contributed by atoms with E-state index in [0.29, 0.717) is 32.0 Å². The van der Waals surface area contributed by atoms with E-state index >= 15 is 0 Å². The van der Waals surface area contributed by atoms with Crippen LogP contribution in [-0.4, -0.2) is 57.4 Å². The number of anilines is 1. The molecule has 2 heterocycles. The Morgan fingerprint density at radius 2 is 1.89 bits per heavy atom. The fourth-order valence-electron chi connectivity index (χ4n) is 6.22. The first-order chi connectivity index (χ1) is 17.5. The molecule has 37 heavy (non-hydrogen) atoms. The Bertz CT molecular complexity index is 1190. The molecule has 0 radical (unpaired) electrons. The van der Waals surface area contributed by atoms with Gasteiger partial charge in [0.25, 0.3) is 5.91 Å². The van der Waals surface area contributed by atoms with Gasteiger partial charge in [-0.25, -0.2) is 0 Å². The van der Waals surface area contributed by atoms with Crippen molar-refractivity contribution < 1.29 is 28.2 Å². The number of aliphatic carboxylic acids is 1. The van der Waals surface area contributed by atoms with E-state index in [1.165, 1.54) is 18.2 Å². The van der Waals surface area contributed by atoms with Crippen molar-refractivity contribution in [2.24, 2.45) is 11.3 Å². The molecule has 1 saturated heterocycles. The number of likely N-dealkylation sites (tertiary alicyclic amines) is 1. The van der Waals surface area contributed by atoms with Crippen molar-refractivity contribution in [3.05, 3.63) is 41.2 Å². The largest absolute Gasteiger partial charge is 0.481 e. The van der Waals surface area contributed by atoms with Gasteiger partial charge < -0.3 is 20.1 Å². The highest BCUT2D eigenvalue weighted by molar-refractivity contribution is 6.30. The van der Waals surface area contributed by atoms with Gasteiger partial charge in [0, 0.05) is 42.1 Å². The van der Waals surface area contributed by atoms with Gasteiger partial charge in [-0.1, -0.05) is 25.4 Å². The Balaban J connectivity index is 1.37. The number of aromatic nitrogens is 2. The summed E-state index contributed by atoms with van der Waals surface area (Å²) in [6, 6.07) is 6.42. The number of amides is 1. The first kappa shape index (κ1) is 25.9. The molecular formula is C26H31ClF2N4O4. The van der Waals surface area contributed by atoms with Gasteiger partial charge in [-0.2, -0.15) is 13.9 Å². The summed E-state index contributed by atoms with van der Waals surface area (Å²) in [6.45, 7) is 2.28. The van der Waals surface area contributed by atoms with Crippen molar-refractivity contribution in [1.82, 2.24) is 14.7 Å². The minimum absolute atomic E-state index is 0.0368. The zero-order chi connectivity index (χ0) is 26.5. The van der Waals surface area contributed by atoms with Crippen LogP contribution in [0.15, 0.2) is 30.5 Å². The lowest BCUT2D eigenvalue weighted by Crippen LogP contribution is -2.58. The summed E-state index contributed by atoms with van der Waals surface area (Å²) in [5, 5.41) is 16.9. The Hall–Kier alpha value is -2.72. The van der Waals surface area contributed by atoms with Crippen LogP contribution in [0.3, 0.4) is 0 Å². The van der Waals surface area contributed by atoms with E-state index in [1.54, 1.807) is 10.9 Å². The number of piperidine rings is 1. The molecule has 3 aliphatic rings. The maximum absolute atomic E-state index is 13.9. The maximum atomic E-state index is 13.9. The molecule has 200 valence electrons. The molecule has 0 bridgehead atoms. The first-order valence-corrected chi connectivity index (χ1v) is 13.0. The summed E-state index contributed by atoms with van der Waals surface area (Å²) in [5.74, 6) is -1.36. The minimum atomic E-state index is -3.07. The molecule has 1 amide bonds. The van der Waals surface area contributed by atoms with Gasteiger partial charge in [0.2, 0.25) is 0 Å². The second-order valence-electron chi connectivity index (χ2n) is 10.9. The number of hydrogen-bond acceptors (Lipinski definition) is 5. The molecule has 1 aromatic carbocycles. The van der Waals surface area contributed by atoms with E-state index < -0.39 is 18.1 Å². The highest BCUT2D eigenvalue weighted by Crippen LogP contribution is 2.66. The smallest absolute Gasteiger partial charge is 0.387 e. The van der Waals surface area contributed by atoms with Crippen LogP contribution >= 0.6 is 11.6 Å². The first-order valence-electron chi connectivity index (χ1n) is 12.6. The fourth-order valence-corrected chi connectivity index (χ4v) is 6.38. The Labute approximate surface area is 218 Å². The number of rotatable bonds is 8. The highest BCUT2D eigenvalue weighted by atomic mass is 35.5. The number of carboxylic acids is 1. The average molecular weight is 537 g/mol. The zero-order valence-corrected chi connectivity index (χ0v) is 21.5. The molecule has 1 spiro atoms. The third-order valence-corrected chi connectivity index (χ3v) is 8.65. The molecule has 5 rings (SSSR count). The number of carbonyl (C=O) groups excluding carboxylic acids is 1. The van der Waals surface area contributed by atoms with Gasteiger partial charge in [0.1, 0.15) is 5.54 Å². The standard InChI is InChI=1S/C26H31ClF2N4O4/c1-15(2)20-5-8-30-33(20)26(23(36)31-19-4-3-16(27)11-21(19)37-24(28)29)6-9-32(10-7-26)17-12-25(13-17)14-18(25)22(34)35/h3-5,8,11,15,17-18,24H,6-7,9-10,12-14H2,1-2H3,(H,31,36)(H,34,35). The number of benzene rings is 1. The van der Waals surface area contributed by atoms with Gasteiger partial charge in [-0.15, -0.1) is 0 Å². The normalized spacial score (nSPS) is 26.8. The van der Waals surface area contributed by atoms with E-state index in [-0.39, 0.29) is 39.6 Å². The van der Waals surface area contributed by atoms with E-state index in [2.05, 4.69) is 20.1 Å². The van der Waals surface area contributed by atoms with Crippen LogP contribution in [0.4, 0.5) is 14.5 Å². The molecule has 1 atom stereocenters. The summed E-state index contributed by atoms with van der Waals surface area (Å²) in [7, 11) is 0. The van der Waals surface area contributed by atoms with Gasteiger partial charge in [-0.3, -0.25) is 14.3 Å². The molecule has 1 aliphatic heterocycles. The predicted octanol–water partition coefficient (Wildman–Crippen LogP) is 4.94. The number of alkyl halides is 2. The van der Waals surface area contributed by atoms with Gasteiger partial charge in [0.05, 0.1) is 11.6 Å². The molecule has 3 fully saturated rings. The topological polar surface area (TPSA) is 96.7 Å². The van der Waals surface area contributed by atoms with Gasteiger partial charge in [-0.05, 0) is 61.6 Å². The highest BCUT2D eigenvalue weighted by Gasteiger charge is 2.66. The summed E-state index contributed by atoms with van der Waals surface area (Å²) in [6.07, 6.45) is 5.14. The molecule has 8 nitrogen and oxygen atoms in total. The van der Waals surface area contributed by atoms with Crippen molar-refractivity contribution in [3.8, 4) is 5.75 Å². The van der Waals surface area contributed by atoms with Crippen molar-refractivity contribution in [2.75, 3.05) is 18.4 Å². The third-order valence-electron chi connectivity index (χ3n) is 8.41. The van der Waals surface area contributed by atoms with E-state index in [0.717, 1.165) is 25.0 Å². The lowest BCUT2D eigenvalue weighted by Gasteiger charge is -2.49. The second kappa shape index (κ2) is 9.54. The number of halogens is 3. The van der Waals surface area contributed by atoms with E-state index in [4.69, 9.17) is 11.6 Å². The molecule has 2 aliphatic carbocycles. The molecule has 2 N–H and O–H groups in total. The number of nitrogens with one attached hydrogen (secondary N) is 1. The fraction of sp³-hybridized carbons (Fsp3) is 0.577. The molecule has 2 saturated carbocycles. The Morgan fingerprint density at radius 3 is 2.49 bits per heavy atom. The minimum Gasteiger partial charge on any atom is -0.481 e. The lowest BCUT2D eigenvalue weighted by molar-refractivity contribution is -0.141. The maximum Gasteiger partial charge on any atom is 0.387 e. The summed E-state index contributed by atoms with van der Waals surface area (Å²) in [4.78, 5) is 27.6. The number of carbonyl (C=O) groups is 2. The Kier molecular flexibility index (Phi) is 6.68. The SMILES string of the molecule is CC(C)c1ccnn1C1(C(=O)Nc2ccc(Cl)cc2OC(F)F)CCN(C2CC3(C2)CC3C(=O)O)CC1. The number of ether oxygens (including phenoxy) is 1. The number of nitrogens with zero attached hydrogens (tertiary/aromatic N) is 3. The summed E-state index contributed by atoms with van der Waals surface area (Å²) < 4.78 is 32.4. The van der Waals surface area contributed by atoms with Crippen molar-refractivity contribution >= 4 is 29.2 Å². The monoisotopic (exact) mass is 536 g/mol. The summed E-state index contributed by atoms with van der Waals surface area (Å²) in [5.41, 5.74) is -0.0330. The molecular weight excluding hydrogens is 506 g/mol. The van der Waals surface area contributed by atoms with Crippen LogP contribution in [-0.2, 0) is 15.1 Å². The number of carboxylic acid groups (broad SMARTS) is 1. The Morgan fingerprint density at radius 1 is 1.19 bits per heavy atom. The van der Waals surface area contributed by atoms with Crippen molar-refractivity contribution in [3.63, 3.8) is 0 Å². The second-order valence-corrected chi connectivity index (χ2v) is 11.3. The zero-order valence-electron chi connectivity index (χ0n) is 20.8. The van der Waals surface area contributed by atoms with Gasteiger partial charge in [0.15, 0.2) is 5.75 Å². The quantitative estimate of drug-likeness (QED) is 0.496. The molecule has 11 heteroatoms. The molecule has 1 aromatic heterocycles. The van der Waals surface area contributed by atoms with Crippen molar-refractivity contribution in [1.29, 1.82) is 0 Å². The van der Waals surface area contributed by atoms with Gasteiger partial charge >= 0.3 is 12.6 Å². The van der Waals surface area contributed by atoms with Crippen LogP contribution in [0.2, 0.25) is 5.02 Å². The van der Waals surface area contributed by atoms with Crippen LogP contribution in [0.5, 0.6) is 5.75 Å². The predicted molar refractivity (Wildman–Crippen MR) is 133 cm³/mol. The van der Waals surface area contributed by atoms with Crippen LogP contribution in [0, 0.1) is 11.3 Å². The third kappa shape index (κ3) is 4.69. The number of hydrogen-bond donors (Lipinski definition) is 2. The molecule has 2 aromatic rings. The average Bonchev–Trinajstić information content (AvgIpc) is 3.38. The van der Waals surface area contributed by atoms with Crippen molar-refractivity contribution in [2.45, 2.75) is 70.1 Å². The van der Waals surface area contributed by atoms with Crippen LogP contribution in [0.1, 0.15) is 57.6 Å². The van der Waals surface area contributed by atoms with E-state index in [9.17, 15) is 23.5 Å². The summed E-state index contributed by atoms with van der Waals surface area (Å²) >= 11 is 5.98. The van der Waals surface area contributed by atoms with Crippen LogP contribution in [0.25, 0.3) is 0 Å². The lowest BCUT2D eigenvalue weighted by atomic mass is 9.73. The van der Waals surface area contributed by atoms with Crippen LogP contribution < -0.4 is 10.1 Å². The molecule has 1 unspecified atom stereocenters. The van der Waals surface area contributed by atoms with E-state index in [1.807, 2.05) is 19.9 Å².